The topological polar surface area (TPSA) is 125 Å². The van der Waals surface area contributed by atoms with Crippen molar-refractivity contribution in [3.8, 4) is 0 Å². The number of urea groups is 1. The van der Waals surface area contributed by atoms with Gasteiger partial charge in [-0.15, -0.1) is 0 Å². The summed E-state index contributed by atoms with van der Waals surface area (Å²) < 4.78 is 4.62. The van der Waals surface area contributed by atoms with Gasteiger partial charge in [0.1, 0.15) is 6.54 Å². The fourth-order valence-electron chi connectivity index (χ4n) is 1.34. The molecule has 1 saturated heterocycles. The highest BCUT2D eigenvalue weighted by Crippen LogP contribution is 1.98. The van der Waals surface area contributed by atoms with Crippen LogP contribution in [0.15, 0.2) is 0 Å². The maximum Gasteiger partial charge on any atom is 0.328 e. The first-order chi connectivity index (χ1) is 8.45. The Labute approximate surface area is 102 Å². The van der Waals surface area contributed by atoms with Crippen LogP contribution < -0.4 is 10.6 Å². The van der Waals surface area contributed by atoms with Crippen LogP contribution in [-0.2, 0) is 19.1 Å². The number of carbonyl (C=O) groups is 4. The summed E-state index contributed by atoms with van der Waals surface area (Å²) in [5.74, 6) is -2.54. The summed E-state index contributed by atoms with van der Waals surface area (Å²) in [6.07, 6.45) is 0. The number of imide groups is 1. The van der Waals surface area contributed by atoms with Gasteiger partial charge in [0.15, 0.2) is 6.04 Å². The Hall–Kier alpha value is -2.16. The van der Waals surface area contributed by atoms with Crippen LogP contribution in [0.4, 0.5) is 4.79 Å². The number of amides is 4. The largest absolute Gasteiger partial charge is 0.480 e. The van der Waals surface area contributed by atoms with E-state index >= 15 is 0 Å². The predicted molar refractivity (Wildman–Crippen MR) is 56.6 cm³/mol. The predicted octanol–water partition coefficient (Wildman–Crippen LogP) is -2.25. The molecule has 0 radical (unpaired) electrons. The van der Waals surface area contributed by atoms with Crippen LogP contribution in [0.5, 0.6) is 0 Å². The summed E-state index contributed by atoms with van der Waals surface area (Å²) in [4.78, 5) is 45.2. The van der Waals surface area contributed by atoms with Gasteiger partial charge >= 0.3 is 12.0 Å². The smallest absolute Gasteiger partial charge is 0.328 e. The number of nitrogens with one attached hydrogen (secondary N) is 2. The minimum Gasteiger partial charge on any atom is -0.480 e. The van der Waals surface area contributed by atoms with E-state index in [1.54, 1.807) is 0 Å². The van der Waals surface area contributed by atoms with Gasteiger partial charge in [-0.05, 0) is 0 Å². The second kappa shape index (κ2) is 5.96. The second-order valence-electron chi connectivity index (χ2n) is 3.55. The molecule has 1 fully saturated rings. The van der Waals surface area contributed by atoms with Crippen molar-refractivity contribution in [1.82, 2.24) is 15.5 Å². The van der Waals surface area contributed by atoms with Crippen LogP contribution in [0.1, 0.15) is 0 Å². The van der Waals surface area contributed by atoms with E-state index in [4.69, 9.17) is 5.11 Å². The van der Waals surface area contributed by atoms with Crippen molar-refractivity contribution in [3.05, 3.63) is 0 Å². The molecular weight excluding hydrogens is 246 g/mol. The lowest BCUT2D eigenvalue weighted by Gasteiger charge is -2.16. The Morgan fingerprint density at radius 1 is 1.56 bits per heavy atom. The maximum atomic E-state index is 11.5. The number of aliphatic carboxylic acids is 1. The van der Waals surface area contributed by atoms with Gasteiger partial charge < -0.3 is 20.5 Å². The quantitative estimate of drug-likeness (QED) is 0.463. The zero-order valence-corrected chi connectivity index (χ0v) is 9.63. The molecule has 1 atom stereocenters. The number of carboxylic acids is 1. The molecule has 0 bridgehead atoms. The van der Waals surface area contributed by atoms with E-state index in [1.165, 1.54) is 7.11 Å². The molecule has 18 heavy (non-hydrogen) atoms. The summed E-state index contributed by atoms with van der Waals surface area (Å²) in [6, 6.07) is -1.89. The van der Waals surface area contributed by atoms with E-state index in [0.29, 0.717) is 4.90 Å². The van der Waals surface area contributed by atoms with Gasteiger partial charge in [-0.1, -0.05) is 0 Å². The number of rotatable bonds is 6. The van der Waals surface area contributed by atoms with Crippen LogP contribution in [-0.4, -0.2) is 66.7 Å². The highest BCUT2D eigenvalue weighted by Gasteiger charge is 2.31. The van der Waals surface area contributed by atoms with Crippen molar-refractivity contribution in [2.75, 3.05) is 26.8 Å². The molecule has 9 nitrogen and oxygen atoms in total. The van der Waals surface area contributed by atoms with Crippen molar-refractivity contribution in [2.45, 2.75) is 6.04 Å². The highest BCUT2D eigenvalue weighted by atomic mass is 16.5. The SMILES string of the molecule is COCC(NC(=O)CN1C(=O)CNC1=O)C(=O)O. The van der Waals surface area contributed by atoms with Gasteiger partial charge in [-0.2, -0.15) is 0 Å². The van der Waals surface area contributed by atoms with Crippen LogP contribution in [0.2, 0.25) is 0 Å². The minimum atomic E-state index is -1.26. The molecule has 1 unspecified atom stereocenters. The van der Waals surface area contributed by atoms with Gasteiger partial charge in [0.25, 0.3) is 5.91 Å². The molecule has 9 heteroatoms. The highest BCUT2D eigenvalue weighted by molar-refractivity contribution is 6.04. The normalized spacial score (nSPS) is 16.4. The Morgan fingerprint density at radius 2 is 2.22 bits per heavy atom. The Balaban J connectivity index is 2.52. The van der Waals surface area contributed by atoms with Crippen LogP contribution >= 0.6 is 0 Å². The molecule has 1 heterocycles. The molecule has 4 amide bonds. The van der Waals surface area contributed by atoms with E-state index in [-0.39, 0.29) is 13.2 Å². The molecule has 1 rings (SSSR count). The molecule has 100 valence electrons. The first-order valence-electron chi connectivity index (χ1n) is 5.05. The number of ether oxygens (including phenoxy) is 1. The number of hydrogen-bond acceptors (Lipinski definition) is 5. The van der Waals surface area contributed by atoms with Crippen molar-refractivity contribution in [3.63, 3.8) is 0 Å². The summed E-state index contributed by atoms with van der Waals surface area (Å²) in [6.45, 7) is -0.883. The van der Waals surface area contributed by atoms with Gasteiger partial charge in [-0.3, -0.25) is 14.5 Å². The Kier molecular flexibility index (Phi) is 4.60. The molecule has 0 aromatic carbocycles. The molecule has 0 spiro atoms. The molecule has 0 aromatic heterocycles. The van der Waals surface area contributed by atoms with Crippen LogP contribution in [0.25, 0.3) is 0 Å². The summed E-state index contributed by atoms with van der Waals surface area (Å²) in [5, 5.41) is 13.2. The molecule has 1 aliphatic rings. The monoisotopic (exact) mass is 259 g/mol. The Morgan fingerprint density at radius 3 is 2.67 bits per heavy atom. The molecule has 1 aliphatic heterocycles. The molecule has 0 aliphatic carbocycles. The number of methoxy groups -OCH3 is 1. The number of carboxylic acid groups (broad SMARTS) is 1. The fraction of sp³-hybridized carbons (Fsp3) is 0.556. The Bertz CT molecular complexity index is 366. The second-order valence-corrected chi connectivity index (χ2v) is 3.55. The number of nitrogens with zero attached hydrogens (tertiary/aromatic N) is 1. The molecule has 0 saturated carbocycles. The number of hydrogen-bond donors (Lipinski definition) is 3. The van der Waals surface area contributed by atoms with E-state index in [1.807, 2.05) is 0 Å². The maximum absolute atomic E-state index is 11.5. The fourth-order valence-corrected chi connectivity index (χ4v) is 1.34. The van der Waals surface area contributed by atoms with Gasteiger partial charge in [0, 0.05) is 7.11 Å². The van der Waals surface area contributed by atoms with E-state index in [9.17, 15) is 19.2 Å². The van der Waals surface area contributed by atoms with E-state index in [0.717, 1.165) is 0 Å². The summed E-state index contributed by atoms with van der Waals surface area (Å²) >= 11 is 0. The lowest BCUT2D eigenvalue weighted by Crippen LogP contribution is -2.48. The molecule has 0 aromatic rings. The van der Waals surface area contributed by atoms with Crippen LogP contribution in [0, 0.1) is 0 Å². The van der Waals surface area contributed by atoms with Crippen LogP contribution in [0.3, 0.4) is 0 Å². The third kappa shape index (κ3) is 3.42. The standard InChI is InChI=1S/C9H13N3O6/c1-18-4-5(8(15)16)11-6(13)3-12-7(14)2-10-9(12)17/h5H,2-4H2,1H3,(H,10,17)(H,11,13)(H,15,16). The lowest BCUT2D eigenvalue weighted by molar-refractivity contribution is -0.143. The number of carbonyl (C=O) groups excluding carboxylic acids is 3. The van der Waals surface area contributed by atoms with Crippen molar-refractivity contribution in [2.24, 2.45) is 0 Å². The average molecular weight is 259 g/mol. The lowest BCUT2D eigenvalue weighted by atomic mass is 10.3. The molecule has 3 N–H and O–H groups in total. The first-order valence-corrected chi connectivity index (χ1v) is 5.05. The van der Waals surface area contributed by atoms with Gasteiger partial charge in [-0.25, -0.2) is 9.59 Å². The third-order valence-corrected chi connectivity index (χ3v) is 2.21. The van der Waals surface area contributed by atoms with E-state index in [2.05, 4.69) is 15.4 Å². The first kappa shape index (κ1) is 13.9. The summed E-state index contributed by atoms with van der Waals surface area (Å²) in [5.41, 5.74) is 0. The minimum absolute atomic E-state index is 0.160. The van der Waals surface area contributed by atoms with E-state index < -0.39 is 36.4 Å². The van der Waals surface area contributed by atoms with Gasteiger partial charge in [0.2, 0.25) is 5.91 Å². The van der Waals surface area contributed by atoms with Crippen molar-refractivity contribution >= 4 is 23.8 Å². The summed E-state index contributed by atoms with van der Waals surface area (Å²) in [7, 11) is 1.29. The van der Waals surface area contributed by atoms with Crippen molar-refractivity contribution in [1.29, 1.82) is 0 Å². The molecular formula is C9H13N3O6. The van der Waals surface area contributed by atoms with Crippen molar-refractivity contribution < 1.29 is 29.0 Å². The zero-order chi connectivity index (χ0) is 13.7. The third-order valence-electron chi connectivity index (χ3n) is 2.21. The average Bonchev–Trinajstić information content (AvgIpc) is 2.60. The zero-order valence-electron chi connectivity index (χ0n) is 9.63. The van der Waals surface area contributed by atoms with Gasteiger partial charge in [0.05, 0.1) is 13.2 Å².